The van der Waals surface area contributed by atoms with Crippen molar-refractivity contribution < 1.29 is 0 Å². The van der Waals surface area contributed by atoms with Crippen LogP contribution in [-0.4, -0.2) is 16.3 Å². The molecule has 1 N–H and O–H groups in total. The number of rotatable bonds is 3. The second-order valence-corrected chi connectivity index (χ2v) is 8.47. The van der Waals surface area contributed by atoms with Gasteiger partial charge in [0.1, 0.15) is 0 Å². The van der Waals surface area contributed by atoms with Crippen LogP contribution in [0.2, 0.25) is 0 Å². The lowest BCUT2D eigenvalue weighted by Crippen LogP contribution is -2.26. The molecule has 0 aromatic carbocycles. The van der Waals surface area contributed by atoms with Crippen molar-refractivity contribution in [1.29, 1.82) is 0 Å². The van der Waals surface area contributed by atoms with Gasteiger partial charge in [0, 0.05) is 43.2 Å². The van der Waals surface area contributed by atoms with Crippen LogP contribution in [-0.2, 0) is 19.5 Å². The molecule has 0 bridgehead atoms. The van der Waals surface area contributed by atoms with Crippen molar-refractivity contribution >= 4 is 0 Å². The summed E-state index contributed by atoms with van der Waals surface area (Å²) in [5.41, 5.74) is 4.65. The number of nitrogens with zero attached hydrogens (tertiary/aromatic N) is 2. The summed E-state index contributed by atoms with van der Waals surface area (Å²) in [5, 5.41) is 8.87. The highest BCUT2D eigenvalue weighted by molar-refractivity contribution is 5.31. The molecule has 0 saturated heterocycles. The van der Waals surface area contributed by atoms with Crippen molar-refractivity contribution in [1.82, 2.24) is 15.1 Å². The molecule has 3 aliphatic rings. The molecule has 134 valence electrons. The zero-order valence-electron chi connectivity index (χ0n) is 15.4. The topological polar surface area (TPSA) is 29.9 Å². The first-order chi connectivity index (χ1) is 11.9. The average Bonchev–Trinajstić information content (AvgIpc) is 2.86. The molecule has 1 aromatic rings. The van der Waals surface area contributed by atoms with E-state index in [0.717, 1.165) is 24.9 Å². The molecule has 2 heterocycles. The summed E-state index contributed by atoms with van der Waals surface area (Å²) >= 11 is 0. The molecule has 3 heteroatoms. The molecule has 0 spiro atoms. The molecule has 2 fully saturated rings. The minimum absolute atomic E-state index is 0.733. The van der Waals surface area contributed by atoms with Crippen molar-refractivity contribution in [2.75, 3.05) is 6.54 Å². The van der Waals surface area contributed by atoms with E-state index < -0.39 is 0 Å². The highest BCUT2D eigenvalue weighted by Crippen LogP contribution is 2.35. The van der Waals surface area contributed by atoms with Crippen LogP contribution in [0.25, 0.3) is 0 Å². The van der Waals surface area contributed by atoms with E-state index in [1.54, 1.807) is 11.3 Å². The molecule has 0 radical (unpaired) electrons. The predicted octanol–water partition coefficient (Wildman–Crippen LogP) is 4.94. The maximum Gasteiger partial charge on any atom is 0.0703 e. The molecule has 2 saturated carbocycles. The summed E-state index contributed by atoms with van der Waals surface area (Å²) in [6, 6.07) is 0. The van der Waals surface area contributed by atoms with Gasteiger partial charge in [-0.2, -0.15) is 5.10 Å². The van der Waals surface area contributed by atoms with Gasteiger partial charge in [-0.05, 0) is 31.6 Å². The molecular formula is C21H35N3. The molecule has 4 rings (SSSR count). The fourth-order valence-corrected chi connectivity index (χ4v) is 5.27. The van der Waals surface area contributed by atoms with Crippen molar-refractivity contribution in [2.24, 2.45) is 5.92 Å². The minimum Gasteiger partial charge on any atom is -0.312 e. The fraction of sp³-hybridized carbons (Fsp3) is 0.857. The van der Waals surface area contributed by atoms with E-state index in [-0.39, 0.29) is 0 Å². The van der Waals surface area contributed by atoms with Crippen LogP contribution in [0.5, 0.6) is 0 Å². The lowest BCUT2D eigenvalue weighted by molar-refractivity contribution is 0.365. The Balaban J connectivity index is 1.57. The van der Waals surface area contributed by atoms with Gasteiger partial charge in [0.05, 0.1) is 5.69 Å². The third-order valence-electron chi connectivity index (χ3n) is 6.69. The van der Waals surface area contributed by atoms with E-state index in [1.165, 1.54) is 95.7 Å². The number of aromatic nitrogens is 2. The smallest absolute Gasteiger partial charge is 0.0703 e. The Bertz CT molecular complexity index is 517. The zero-order chi connectivity index (χ0) is 16.2. The number of hydrogen-bond donors (Lipinski definition) is 1. The molecule has 0 unspecified atom stereocenters. The van der Waals surface area contributed by atoms with Crippen molar-refractivity contribution in [3.05, 3.63) is 17.0 Å². The molecular weight excluding hydrogens is 294 g/mol. The zero-order valence-corrected chi connectivity index (χ0v) is 15.4. The first kappa shape index (κ1) is 16.6. The van der Waals surface area contributed by atoms with Crippen LogP contribution in [0.15, 0.2) is 0 Å². The standard InChI is InChI=1S/C21H35N3/c1-2-6-10-17(9-5-1)16-24-20-13-14-22-15-19(20)21(23-24)18-11-7-3-4-8-12-18/h17-18,22H,1-16H2. The first-order valence-electron chi connectivity index (χ1n) is 10.7. The molecule has 3 nitrogen and oxygen atoms in total. The first-order valence-corrected chi connectivity index (χ1v) is 10.7. The van der Waals surface area contributed by atoms with Crippen molar-refractivity contribution in [3.63, 3.8) is 0 Å². The molecule has 2 aliphatic carbocycles. The van der Waals surface area contributed by atoms with E-state index in [9.17, 15) is 0 Å². The predicted molar refractivity (Wildman–Crippen MR) is 99.3 cm³/mol. The number of nitrogens with one attached hydrogen (secondary N) is 1. The van der Waals surface area contributed by atoms with Crippen molar-refractivity contribution in [2.45, 2.75) is 102 Å². The Kier molecular flexibility index (Phi) is 5.57. The van der Waals surface area contributed by atoms with E-state index in [4.69, 9.17) is 5.10 Å². The third kappa shape index (κ3) is 3.71. The van der Waals surface area contributed by atoms with E-state index in [0.29, 0.717) is 0 Å². The molecule has 24 heavy (non-hydrogen) atoms. The molecule has 0 amide bonds. The van der Waals surface area contributed by atoms with Crippen LogP contribution in [0.3, 0.4) is 0 Å². The van der Waals surface area contributed by atoms with Gasteiger partial charge in [-0.15, -0.1) is 0 Å². The van der Waals surface area contributed by atoms with Crippen LogP contribution in [0.1, 0.15) is 99.9 Å². The summed E-state index contributed by atoms with van der Waals surface area (Å²) in [6.07, 6.45) is 18.2. The van der Waals surface area contributed by atoms with Gasteiger partial charge in [-0.25, -0.2) is 0 Å². The Hall–Kier alpha value is -0.830. The summed E-state index contributed by atoms with van der Waals surface area (Å²) in [6.45, 7) is 3.38. The number of hydrogen-bond acceptors (Lipinski definition) is 2. The summed E-state index contributed by atoms with van der Waals surface area (Å²) < 4.78 is 2.46. The molecule has 1 aliphatic heterocycles. The largest absolute Gasteiger partial charge is 0.312 e. The van der Waals surface area contributed by atoms with E-state index in [2.05, 4.69) is 10.00 Å². The van der Waals surface area contributed by atoms with E-state index >= 15 is 0 Å². The van der Waals surface area contributed by atoms with Gasteiger partial charge in [-0.3, -0.25) is 4.68 Å². The summed E-state index contributed by atoms with van der Waals surface area (Å²) in [5.74, 6) is 1.60. The second kappa shape index (κ2) is 8.03. The Morgan fingerprint density at radius 2 is 1.54 bits per heavy atom. The lowest BCUT2D eigenvalue weighted by atomic mass is 9.92. The van der Waals surface area contributed by atoms with Crippen molar-refractivity contribution in [3.8, 4) is 0 Å². The summed E-state index contributed by atoms with van der Waals surface area (Å²) in [4.78, 5) is 0. The normalized spacial score (nSPS) is 24.3. The Morgan fingerprint density at radius 1 is 0.875 bits per heavy atom. The number of fused-ring (bicyclic) bond motifs is 1. The van der Waals surface area contributed by atoms with Crippen LogP contribution < -0.4 is 5.32 Å². The quantitative estimate of drug-likeness (QED) is 0.796. The van der Waals surface area contributed by atoms with Crippen LogP contribution in [0, 0.1) is 5.92 Å². The molecule has 0 atom stereocenters. The van der Waals surface area contributed by atoms with Gasteiger partial charge < -0.3 is 5.32 Å². The Morgan fingerprint density at radius 3 is 2.25 bits per heavy atom. The van der Waals surface area contributed by atoms with Crippen LogP contribution >= 0.6 is 0 Å². The van der Waals surface area contributed by atoms with Gasteiger partial charge in [-0.1, -0.05) is 51.4 Å². The van der Waals surface area contributed by atoms with Gasteiger partial charge >= 0.3 is 0 Å². The maximum atomic E-state index is 5.26. The monoisotopic (exact) mass is 329 g/mol. The second-order valence-electron chi connectivity index (χ2n) is 8.47. The SMILES string of the molecule is C1CCCC(Cn2nc(C3CCCCCC3)c3c2CCNC3)CC1. The maximum absolute atomic E-state index is 5.26. The highest BCUT2D eigenvalue weighted by atomic mass is 15.3. The molecule has 1 aromatic heterocycles. The van der Waals surface area contributed by atoms with Gasteiger partial charge in [0.15, 0.2) is 0 Å². The van der Waals surface area contributed by atoms with Gasteiger partial charge in [0.25, 0.3) is 0 Å². The lowest BCUT2D eigenvalue weighted by Gasteiger charge is -2.19. The van der Waals surface area contributed by atoms with Gasteiger partial charge in [0.2, 0.25) is 0 Å². The summed E-state index contributed by atoms with van der Waals surface area (Å²) in [7, 11) is 0. The average molecular weight is 330 g/mol. The van der Waals surface area contributed by atoms with E-state index in [1.807, 2.05) is 0 Å². The minimum atomic E-state index is 0.733. The fourth-order valence-electron chi connectivity index (χ4n) is 5.27. The third-order valence-corrected chi connectivity index (χ3v) is 6.69. The van der Waals surface area contributed by atoms with Crippen LogP contribution in [0.4, 0.5) is 0 Å². The Labute approximate surface area is 147 Å². The highest BCUT2D eigenvalue weighted by Gasteiger charge is 2.27.